The second-order valence-electron chi connectivity index (χ2n) is 4.73. The first-order chi connectivity index (χ1) is 10.2. The molecule has 2 N–H and O–H groups in total. The fourth-order valence-electron chi connectivity index (χ4n) is 2.00. The largest absolute Gasteiger partial charge is 0.321 e. The lowest BCUT2D eigenvalue weighted by molar-refractivity contribution is 0.102. The molecule has 0 aliphatic carbocycles. The molecule has 1 amide bonds. The van der Waals surface area contributed by atoms with Gasteiger partial charge in [-0.3, -0.25) is 4.79 Å². The Balaban J connectivity index is 2.06. The number of aryl methyl sites for hydroxylation is 1. The highest BCUT2D eigenvalue weighted by atomic mass is 32.1. The third kappa shape index (κ3) is 4.34. The number of hydrogen-bond acceptors (Lipinski definition) is 5. The van der Waals surface area contributed by atoms with E-state index in [1.54, 1.807) is 0 Å². The molecule has 0 fully saturated rings. The van der Waals surface area contributed by atoms with Crippen molar-refractivity contribution in [3.8, 4) is 0 Å². The summed E-state index contributed by atoms with van der Waals surface area (Å²) in [5, 5.41) is 10.2. The fourth-order valence-corrected chi connectivity index (χ4v) is 2.60. The number of anilines is 1. The summed E-state index contributed by atoms with van der Waals surface area (Å²) < 4.78 is 3.88. The highest BCUT2D eigenvalue weighted by Crippen LogP contribution is 2.16. The molecule has 6 heteroatoms. The van der Waals surface area contributed by atoms with E-state index in [0.717, 1.165) is 54.4 Å². The molecule has 2 rings (SSSR count). The predicted molar refractivity (Wildman–Crippen MR) is 85.7 cm³/mol. The van der Waals surface area contributed by atoms with Crippen molar-refractivity contribution in [3.63, 3.8) is 0 Å². The Kier molecular flexibility index (Phi) is 5.83. The molecule has 0 saturated heterocycles. The third-order valence-corrected chi connectivity index (χ3v) is 3.78. The van der Waals surface area contributed by atoms with Gasteiger partial charge in [0.15, 0.2) is 0 Å². The predicted octanol–water partition coefficient (Wildman–Crippen LogP) is 2.85. The smallest absolute Gasteiger partial charge is 0.269 e. The number of rotatable bonds is 7. The van der Waals surface area contributed by atoms with Gasteiger partial charge in [-0.25, -0.2) is 0 Å². The van der Waals surface area contributed by atoms with Gasteiger partial charge in [-0.2, -0.15) is 0 Å². The minimum atomic E-state index is -0.131. The SMILES string of the molecule is CCCc1nnsc1C(=O)Nc1cccc(CNCC)c1. The Bertz CT molecular complexity index is 597. The maximum absolute atomic E-state index is 12.3. The van der Waals surface area contributed by atoms with Crippen molar-refractivity contribution in [2.45, 2.75) is 33.2 Å². The highest BCUT2D eigenvalue weighted by molar-refractivity contribution is 7.08. The van der Waals surface area contributed by atoms with Gasteiger partial charge < -0.3 is 10.6 Å². The summed E-state index contributed by atoms with van der Waals surface area (Å²) in [6.45, 7) is 5.84. The summed E-state index contributed by atoms with van der Waals surface area (Å²) in [7, 11) is 0. The Labute approximate surface area is 128 Å². The van der Waals surface area contributed by atoms with Crippen LogP contribution in [-0.4, -0.2) is 22.0 Å². The average molecular weight is 304 g/mol. The van der Waals surface area contributed by atoms with Gasteiger partial charge in [0.25, 0.3) is 5.91 Å². The number of hydrogen-bond donors (Lipinski definition) is 2. The molecule has 0 bridgehead atoms. The minimum absolute atomic E-state index is 0.131. The van der Waals surface area contributed by atoms with Crippen LogP contribution in [0.3, 0.4) is 0 Å². The molecule has 0 saturated carbocycles. The van der Waals surface area contributed by atoms with E-state index >= 15 is 0 Å². The molecule has 0 radical (unpaired) electrons. The summed E-state index contributed by atoms with van der Waals surface area (Å²) in [5.74, 6) is -0.131. The van der Waals surface area contributed by atoms with Crippen molar-refractivity contribution in [2.24, 2.45) is 0 Å². The first-order valence-electron chi connectivity index (χ1n) is 7.16. The molecule has 0 spiro atoms. The van der Waals surface area contributed by atoms with Gasteiger partial charge in [0.1, 0.15) is 4.88 Å². The maximum atomic E-state index is 12.3. The molecule has 0 unspecified atom stereocenters. The Hall–Kier alpha value is -1.79. The summed E-state index contributed by atoms with van der Waals surface area (Å²) in [5.41, 5.74) is 2.72. The monoisotopic (exact) mass is 304 g/mol. The third-order valence-electron chi connectivity index (χ3n) is 3.01. The van der Waals surface area contributed by atoms with Crippen LogP contribution in [0.15, 0.2) is 24.3 Å². The molecule has 1 heterocycles. The van der Waals surface area contributed by atoms with E-state index in [-0.39, 0.29) is 5.91 Å². The number of nitrogens with zero attached hydrogens (tertiary/aromatic N) is 2. The summed E-state index contributed by atoms with van der Waals surface area (Å²) in [6, 6.07) is 7.85. The first kappa shape index (κ1) is 15.6. The Morgan fingerprint density at radius 3 is 2.95 bits per heavy atom. The van der Waals surface area contributed by atoms with E-state index < -0.39 is 0 Å². The molecule has 112 valence electrons. The van der Waals surface area contributed by atoms with Crippen molar-refractivity contribution < 1.29 is 4.79 Å². The van der Waals surface area contributed by atoms with E-state index in [2.05, 4.69) is 34.1 Å². The molecule has 2 aromatic rings. The van der Waals surface area contributed by atoms with E-state index in [9.17, 15) is 4.79 Å². The van der Waals surface area contributed by atoms with Crippen LogP contribution >= 0.6 is 11.5 Å². The molecule has 0 atom stereocenters. The van der Waals surface area contributed by atoms with Crippen LogP contribution in [0.1, 0.15) is 41.2 Å². The zero-order valence-corrected chi connectivity index (χ0v) is 13.2. The summed E-state index contributed by atoms with van der Waals surface area (Å²) in [6.07, 6.45) is 1.73. The normalized spacial score (nSPS) is 10.6. The van der Waals surface area contributed by atoms with Gasteiger partial charge in [0.2, 0.25) is 0 Å². The van der Waals surface area contributed by atoms with Crippen LogP contribution in [0.25, 0.3) is 0 Å². The summed E-state index contributed by atoms with van der Waals surface area (Å²) in [4.78, 5) is 12.9. The van der Waals surface area contributed by atoms with Crippen molar-refractivity contribution in [1.82, 2.24) is 14.9 Å². The number of amides is 1. The van der Waals surface area contributed by atoms with Gasteiger partial charge in [0, 0.05) is 12.2 Å². The molecule has 21 heavy (non-hydrogen) atoms. The van der Waals surface area contributed by atoms with Crippen LogP contribution in [-0.2, 0) is 13.0 Å². The maximum Gasteiger partial charge on any atom is 0.269 e. The topological polar surface area (TPSA) is 66.9 Å². The molecular weight excluding hydrogens is 284 g/mol. The molecular formula is C15H20N4OS. The van der Waals surface area contributed by atoms with Gasteiger partial charge in [-0.1, -0.05) is 36.9 Å². The van der Waals surface area contributed by atoms with Crippen LogP contribution in [0.4, 0.5) is 5.69 Å². The quantitative estimate of drug-likeness (QED) is 0.825. The molecule has 5 nitrogen and oxygen atoms in total. The van der Waals surface area contributed by atoms with Gasteiger partial charge in [-0.05, 0) is 42.2 Å². The van der Waals surface area contributed by atoms with E-state index in [0.29, 0.717) is 4.88 Å². The van der Waals surface area contributed by atoms with Gasteiger partial charge >= 0.3 is 0 Å². The fraction of sp³-hybridized carbons (Fsp3) is 0.400. The first-order valence-corrected chi connectivity index (χ1v) is 7.94. The van der Waals surface area contributed by atoms with Crippen LogP contribution < -0.4 is 10.6 Å². The standard InChI is InChI=1S/C15H20N4OS/c1-3-6-13-14(21-19-18-13)15(20)17-12-8-5-7-11(9-12)10-16-4-2/h5,7-9,16H,3-4,6,10H2,1-2H3,(H,17,20). The zero-order valence-electron chi connectivity index (χ0n) is 12.3. The number of carbonyl (C=O) groups excluding carboxylic acids is 1. The number of benzene rings is 1. The number of aromatic nitrogens is 2. The van der Waals surface area contributed by atoms with E-state index in [1.807, 2.05) is 24.3 Å². The van der Waals surface area contributed by atoms with Gasteiger partial charge in [0.05, 0.1) is 5.69 Å². The lowest BCUT2D eigenvalue weighted by Crippen LogP contribution is -2.14. The highest BCUT2D eigenvalue weighted by Gasteiger charge is 2.15. The van der Waals surface area contributed by atoms with Crippen LogP contribution in [0.2, 0.25) is 0 Å². The van der Waals surface area contributed by atoms with Gasteiger partial charge in [-0.15, -0.1) is 5.10 Å². The van der Waals surface area contributed by atoms with Crippen LogP contribution in [0.5, 0.6) is 0 Å². The molecule has 0 aliphatic rings. The second kappa shape index (κ2) is 7.85. The molecule has 0 aliphatic heterocycles. The average Bonchev–Trinajstić information content (AvgIpc) is 2.94. The lowest BCUT2D eigenvalue weighted by atomic mass is 10.2. The van der Waals surface area contributed by atoms with Crippen molar-refractivity contribution in [3.05, 3.63) is 40.4 Å². The van der Waals surface area contributed by atoms with Crippen molar-refractivity contribution >= 4 is 23.1 Å². The van der Waals surface area contributed by atoms with E-state index in [1.165, 1.54) is 0 Å². The zero-order chi connectivity index (χ0) is 15.1. The van der Waals surface area contributed by atoms with Crippen LogP contribution in [0, 0.1) is 0 Å². The van der Waals surface area contributed by atoms with Crippen molar-refractivity contribution in [2.75, 3.05) is 11.9 Å². The Morgan fingerprint density at radius 1 is 1.33 bits per heavy atom. The van der Waals surface area contributed by atoms with E-state index in [4.69, 9.17) is 0 Å². The minimum Gasteiger partial charge on any atom is -0.321 e. The lowest BCUT2D eigenvalue weighted by Gasteiger charge is -2.07. The second-order valence-corrected chi connectivity index (χ2v) is 5.49. The summed E-state index contributed by atoms with van der Waals surface area (Å²) >= 11 is 1.15. The number of nitrogens with one attached hydrogen (secondary N) is 2. The molecule has 1 aromatic heterocycles. The molecule has 1 aromatic carbocycles. The Morgan fingerprint density at radius 2 is 2.19 bits per heavy atom. The van der Waals surface area contributed by atoms with Crippen molar-refractivity contribution in [1.29, 1.82) is 0 Å². The number of carbonyl (C=O) groups is 1.